The zero-order chi connectivity index (χ0) is 40.6. The zero-order valence-corrected chi connectivity index (χ0v) is 35.3. The third-order valence-corrected chi connectivity index (χ3v) is 13.3. The van der Waals surface area contributed by atoms with Gasteiger partial charge >= 0.3 is 0 Å². The molecule has 0 unspecified atom stereocenters. The number of para-hydroxylation sites is 1. The minimum atomic E-state index is -0.857. The van der Waals surface area contributed by atoms with Crippen LogP contribution >= 0.6 is 0 Å². The van der Waals surface area contributed by atoms with Crippen molar-refractivity contribution >= 4 is 23.2 Å². The average molecular weight is 767 g/mol. The number of aliphatic hydroxyl groups is 2. The van der Waals surface area contributed by atoms with Crippen LogP contribution < -0.4 is 20.4 Å². The number of carbonyl (C=O) groups excluding carboxylic acids is 2. The van der Waals surface area contributed by atoms with Crippen LogP contribution in [0.15, 0.2) is 66.7 Å². The molecule has 0 radical (unpaired) electrons. The predicted octanol–water partition coefficient (Wildman–Crippen LogP) is 5.12. The van der Waals surface area contributed by atoms with Crippen molar-refractivity contribution in [1.29, 1.82) is 0 Å². The second-order valence-electron chi connectivity index (χ2n) is 18.3. The summed E-state index contributed by atoms with van der Waals surface area (Å²) in [7, 11) is 12.0. The highest BCUT2D eigenvalue weighted by atomic mass is 16.3. The van der Waals surface area contributed by atoms with Crippen molar-refractivity contribution in [2.45, 2.75) is 83.8 Å². The van der Waals surface area contributed by atoms with Gasteiger partial charge in [0.2, 0.25) is 5.91 Å². The van der Waals surface area contributed by atoms with Crippen LogP contribution in [0.3, 0.4) is 0 Å². The van der Waals surface area contributed by atoms with E-state index in [-0.39, 0.29) is 30.4 Å². The van der Waals surface area contributed by atoms with Gasteiger partial charge in [-0.3, -0.25) is 14.5 Å². The molecule has 56 heavy (non-hydrogen) atoms. The van der Waals surface area contributed by atoms with Crippen LogP contribution in [-0.4, -0.2) is 118 Å². The van der Waals surface area contributed by atoms with Crippen LogP contribution in [0.4, 0.5) is 11.4 Å². The van der Waals surface area contributed by atoms with E-state index in [4.69, 9.17) is 0 Å². The number of hydrogen-bond donors (Lipinski definition) is 4. The number of hydrogen-bond acceptors (Lipinski definition) is 8. The largest absolute Gasteiger partial charge is 0.393 e. The minimum Gasteiger partial charge on any atom is -0.393 e. The maximum Gasteiger partial charge on any atom is 0.251 e. The van der Waals surface area contributed by atoms with Gasteiger partial charge in [-0.05, 0) is 98.3 Å². The summed E-state index contributed by atoms with van der Waals surface area (Å²) >= 11 is 0. The first-order valence-electron chi connectivity index (χ1n) is 20.5. The van der Waals surface area contributed by atoms with E-state index < -0.39 is 24.2 Å². The van der Waals surface area contributed by atoms with E-state index in [1.165, 1.54) is 12.0 Å². The van der Waals surface area contributed by atoms with E-state index in [9.17, 15) is 19.8 Å². The second-order valence-corrected chi connectivity index (χ2v) is 18.3. The van der Waals surface area contributed by atoms with Crippen LogP contribution in [-0.2, 0) is 17.8 Å². The lowest BCUT2D eigenvalue weighted by Crippen LogP contribution is -2.62. The van der Waals surface area contributed by atoms with Crippen molar-refractivity contribution < 1.29 is 19.8 Å². The van der Waals surface area contributed by atoms with Gasteiger partial charge in [0, 0.05) is 88.3 Å². The van der Waals surface area contributed by atoms with E-state index in [1.54, 1.807) is 6.92 Å². The molecular weight excluding hydrogens is 701 g/mol. The molecule has 1 aliphatic heterocycles. The number of amides is 2. The summed E-state index contributed by atoms with van der Waals surface area (Å²) in [4.78, 5) is 36.7. The molecule has 4 aliphatic rings. The Morgan fingerprint density at radius 1 is 0.946 bits per heavy atom. The number of fused-ring (bicyclic) bond motifs is 2. The number of carbonyl (C=O) groups is 2. The van der Waals surface area contributed by atoms with Gasteiger partial charge in [-0.25, -0.2) is 0 Å². The molecule has 4 fully saturated rings. The number of rotatable bonds is 14. The monoisotopic (exact) mass is 767 g/mol. The number of anilines is 2. The van der Waals surface area contributed by atoms with Gasteiger partial charge in [-0.2, -0.15) is 0 Å². The molecule has 3 saturated carbocycles. The molecule has 9 atom stereocenters. The number of likely N-dealkylation sites (N-methyl/N-ethyl adjacent to an activating group) is 1. The molecule has 0 aromatic heterocycles. The Hall–Kier alpha value is -3.96. The van der Waals surface area contributed by atoms with Crippen molar-refractivity contribution in [3.05, 3.63) is 83.4 Å². The zero-order valence-electron chi connectivity index (χ0n) is 35.3. The first-order chi connectivity index (χ1) is 26.5. The summed E-state index contributed by atoms with van der Waals surface area (Å²) in [6.45, 7) is 10.0. The fourth-order valence-electron chi connectivity index (χ4n) is 10.3. The quantitative estimate of drug-likeness (QED) is 0.179. The smallest absolute Gasteiger partial charge is 0.251 e. The lowest BCUT2D eigenvalue weighted by Gasteiger charge is -2.62. The molecule has 10 nitrogen and oxygen atoms in total. The number of β-amino-alcohol motifs (C(OH)–C–C–N with tert-alkyl or cyclic N) is 1. The van der Waals surface area contributed by atoms with Gasteiger partial charge in [0.15, 0.2) is 0 Å². The van der Waals surface area contributed by atoms with Gasteiger partial charge in [0.1, 0.15) is 0 Å². The molecule has 10 heteroatoms. The highest BCUT2D eigenvalue weighted by Crippen LogP contribution is 2.61. The highest BCUT2D eigenvalue weighted by Gasteiger charge is 2.57. The third-order valence-electron chi connectivity index (χ3n) is 13.3. The van der Waals surface area contributed by atoms with E-state index in [0.29, 0.717) is 41.8 Å². The number of aliphatic hydroxyl groups excluding tert-OH is 2. The molecule has 4 N–H and O–H groups in total. The summed E-state index contributed by atoms with van der Waals surface area (Å²) in [6.07, 6.45) is 1.21. The van der Waals surface area contributed by atoms with Crippen LogP contribution in [0.25, 0.3) is 11.1 Å². The Balaban J connectivity index is 1.29. The second kappa shape index (κ2) is 16.9. The molecule has 0 spiro atoms. The van der Waals surface area contributed by atoms with Crippen LogP contribution in [0.2, 0.25) is 0 Å². The minimum absolute atomic E-state index is 0.0843. The number of nitrogens with zero attached hydrogens (tertiary/aromatic N) is 4. The summed E-state index contributed by atoms with van der Waals surface area (Å²) in [5.74, 6) is 0.706. The van der Waals surface area contributed by atoms with E-state index in [0.717, 1.165) is 40.9 Å². The van der Waals surface area contributed by atoms with E-state index >= 15 is 0 Å². The van der Waals surface area contributed by atoms with Crippen molar-refractivity contribution in [1.82, 2.24) is 20.4 Å². The molecule has 7 rings (SSSR count). The van der Waals surface area contributed by atoms with Crippen molar-refractivity contribution in [3.63, 3.8) is 0 Å². The molecule has 1 saturated heterocycles. The number of benzene rings is 3. The molecule has 3 aliphatic carbocycles. The lowest BCUT2D eigenvalue weighted by molar-refractivity contribution is -0.139. The topological polar surface area (TPSA) is 112 Å². The number of likely N-dealkylation sites (tertiary alicyclic amines) is 1. The maximum absolute atomic E-state index is 14.3. The fraction of sp³-hybridized carbons (Fsp3) is 0.565. The van der Waals surface area contributed by atoms with Gasteiger partial charge in [-0.15, -0.1) is 0 Å². The van der Waals surface area contributed by atoms with Gasteiger partial charge in [0.05, 0.1) is 18.2 Å². The molecule has 2 bridgehead atoms. The van der Waals surface area contributed by atoms with Crippen LogP contribution in [0.5, 0.6) is 0 Å². The summed E-state index contributed by atoms with van der Waals surface area (Å²) < 4.78 is 0. The molecule has 1 heterocycles. The average Bonchev–Trinajstić information content (AvgIpc) is 3.47. The molecule has 3 aromatic carbocycles. The van der Waals surface area contributed by atoms with Gasteiger partial charge < -0.3 is 35.5 Å². The Kier molecular flexibility index (Phi) is 12.6. The van der Waals surface area contributed by atoms with E-state index in [2.05, 4.69) is 76.4 Å². The standard InChI is InChI=1S/C46H66N6O4/c1-28-38-23-34(46(38,3)4)24-39(28)48-45(56)43-41(29(2)53)40(54)27-52(43)25-31-17-14-18-37(42(31)51(9)10)32-20-33(22-36(21-32)50(7)8)44(55)47-35(26-49(5)6)19-30-15-12-11-13-16-30/h11-18,20-22,28-29,34-35,38-41,43,53-54H,19,23-27H2,1-10H3,(H,47,55)(H,48,56)/t28-,29-,34-,35-,38-,39-,40-,41+,43-/m0/s1. The summed E-state index contributed by atoms with van der Waals surface area (Å²) in [6, 6.07) is 21.8. The highest BCUT2D eigenvalue weighted by molar-refractivity contribution is 5.98. The van der Waals surface area contributed by atoms with E-state index in [1.807, 2.05) is 83.6 Å². The Morgan fingerprint density at radius 2 is 1.66 bits per heavy atom. The third kappa shape index (κ3) is 8.64. The SMILES string of the molecule is C[C@@H]1[C@@H](NC(=O)[C@@H]2[C@H]([C@H](C)O)[C@@H](O)CN2Cc2cccc(-c3cc(C(=O)N[C@@H](Cc4ccccc4)CN(C)C)cc(N(C)C)c3)c2N(C)C)C[C@@H]2C[C@@H]1C2(C)C. The lowest BCUT2D eigenvalue weighted by atomic mass is 9.45. The van der Waals surface area contributed by atoms with Gasteiger partial charge in [0.25, 0.3) is 5.91 Å². The van der Waals surface area contributed by atoms with Crippen molar-refractivity contribution in [3.8, 4) is 11.1 Å². The number of nitrogens with one attached hydrogen (secondary N) is 2. The molecule has 2 amide bonds. The Bertz CT molecular complexity index is 1840. The molecular formula is C46H66N6O4. The molecule has 3 aromatic rings. The summed E-state index contributed by atoms with van der Waals surface area (Å²) in [5, 5.41) is 29.0. The van der Waals surface area contributed by atoms with Gasteiger partial charge in [-0.1, -0.05) is 69.3 Å². The maximum atomic E-state index is 14.3. The Labute approximate surface area is 335 Å². The Morgan fingerprint density at radius 3 is 2.27 bits per heavy atom. The fourth-order valence-corrected chi connectivity index (χ4v) is 10.3. The first kappa shape index (κ1) is 41.7. The van der Waals surface area contributed by atoms with Crippen molar-refractivity contribution in [2.75, 3.05) is 65.2 Å². The van der Waals surface area contributed by atoms with Crippen LogP contribution in [0.1, 0.15) is 62.0 Å². The normalized spacial score (nSPS) is 26.6. The summed E-state index contributed by atoms with van der Waals surface area (Å²) in [5.41, 5.74) is 6.80. The van der Waals surface area contributed by atoms with Crippen molar-refractivity contribution in [2.24, 2.45) is 29.1 Å². The predicted molar refractivity (Wildman–Crippen MR) is 227 cm³/mol. The first-order valence-corrected chi connectivity index (χ1v) is 20.5. The molecule has 304 valence electrons. The van der Waals surface area contributed by atoms with Crippen LogP contribution in [0, 0.1) is 29.1 Å².